The third-order valence-corrected chi connectivity index (χ3v) is 3.78. The average Bonchev–Trinajstić information content (AvgIpc) is 2.40. The van der Waals surface area contributed by atoms with Crippen LogP contribution in [0.25, 0.3) is 0 Å². The first kappa shape index (κ1) is 14.6. The van der Waals surface area contributed by atoms with Crippen molar-refractivity contribution in [1.29, 1.82) is 0 Å². The van der Waals surface area contributed by atoms with E-state index < -0.39 is 10.0 Å². The van der Waals surface area contributed by atoms with Gasteiger partial charge in [0.15, 0.2) is 0 Å². The van der Waals surface area contributed by atoms with E-state index in [-0.39, 0.29) is 10.7 Å². The fourth-order valence-electron chi connectivity index (χ4n) is 1.78. The van der Waals surface area contributed by atoms with Crippen LogP contribution < -0.4 is 10.5 Å². The van der Waals surface area contributed by atoms with Crippen LogP contribution in [0.15, 0.2) is 53.4 Å². The van der Waals surface area contributed by atoms with Crippen molar-refractivity contribution in [3.8, 4) is 0 Å². The molecule has 2 aromatic rings. The van der Waals surface area contributed by atoms with E-state index in [4.69, 9.17) is 5.14 Å². The van der Waals surface area contributed by atoms with Crippen molar-refractivity contribution in [2.24, 2.45) is 5.14 Å². The van der Waals surface area contributed by atoms with E-state index in [0.29, 0.717) is 18.7 Å². The van der Waals surface area contributed by atoms with Crippen molar-refractivity contribution in [2.45, 2.75) is 18.0 Å². The SMILES string of the molecule is NS(=O)(=O)c1ccc(CNCc2ccccc2F)cc1. The molecule has 6 heteroatoms. The number of hydrogen-bond donors (Lipinski definition) is 2. The highest BCUT2D eigenvalue weighted by atomic mass is 32.2. The molecule has 106 valence electrons. The van der Waals surface area contributed by atoms with Crippen molar-refractivity contribution < 1.29 is 12.8 Å². The van der Waals surface area contributed by atoms with Crippen molar-refractivity contribution in [3.63, 3.8) is 0 Å². The maximum atomic E-state index is 13.4. The summed E-state index contributed by atoms with van der Waals surface area (Å²) in [4.78, 5) is 0.0790. The summed E-state index contributed by atoms with van der Waals surface area (Å²) in [5.41, 5.74) is 1.49. The molecule has 0 saturated heterocycles. The molecule has 0 aromatic heterocycles. The topological polar surface area (TPSA) is 72.2 Å². The van der Waals surface area contributed by atoms with Gasteiger partial charge >= 0.3 is 0 Å². The van der Waals surface area contributed by atoms with Crippen LogP contribution in [0.5, 0.6) is 0 Å². The molecule has 0 fully saturated rings. The van der Waals surface area contributed by atoms with Gasteiger partial charge in [-0.2, -0.15) is 0 Å². The Labute approximate surface area is 117 Å². The van der Waals surface area contributed by atoms with Crippen LogP contribution in [-0.4, -0.2) is 8.42 Å². The van der Waals surface area contributed by atoms with Gasteiger partial charge in [0.2, 0.25) is 10.0 Å². The third-order valence-electron chi connectivity index (χ3n) is 2.85. The molecule has 20 heavy (non-hydrogen) atoms. The van der Waals surface area contributed by atoms with Gasteiger partial charge < -0.3 is 5.32 Å². The Kier molecular flexibility index (Phi) is 4.49. The molecule has 0 aliphatic rings. The molecule has 0 unspecified atom stereocenters. The van der Waals surface area contributed by atoms with Gasteiger partial charge in [0.05, 0.1) is 4.90 Å². The summed E-state index contributed by atoms with van der Waals surface area (Å²) in [6, 6.07) is 12.8. The summed E-state index contributed by atoms with van der Waals surface area (Å²) in [7, 11) is -3.66. The molecule has 4 nitrogen and oxygen atoms in total. The van der Waals surface area contributed by atoms with Gasteiger partial charge in [-0.25, -0.2) is 17.9 Å². The maximum absolute atomic E-state index is 13.4. The lowest BCUT2D eigenvalue weighted by molar-refractivity contribution is 0.587. The molecular weight excluding hydrogens is 279 g/mol. The molecule has 0 saturated carbocycles. The lowest BCUT2D eigenvalue weighted by Crippen LogP contribution is -2.14. The molecule has 2 rings (SSSR count). The quantitative estimate of drug-likeness (QED) is 0.882. The second kappa shape index (κ2) is 6.13. The minimum atomic E-state index is -3.66. The van der Waals surface area contributed by atoms with E-state index in [9.17, 15) is 12.8 Å². The normalized spacial score (nSPS) is 11.5. The van der Waals surface area contributed by atoms with Gasteiger partial charge in [0.1, 0.15) is 5.82 Å². The molecule has 2 aromatic carbocycles. The van der Waals surface area contributed by atoms with Crippen LogP contribution in [0.4, 0.5) is 4.39 Å². The lowest BCUT2D eigenvalue weighted by atomic mass is 10.2. The lowest BCUT2D eigenvalue weighted by Gasteiger charge is -2.06. The monoisotopic (exact) mass is 294 g/mol. The number of benzene rings is 2. The third kappa shape index (κ3) is 3.86. The Morgan fingerprint density at radius 2 is 1.65 bits per heavy atom. The van der Waals surface area contributed by atoms with E-state index >= 15 is 0 Å². The standard InChI is InChI=1S/C14H15FN2O2S/c15-14-4-2-1-3-12(14)10-17-9-11-5-7-13(8-6-11)20(16,18)19/h1-8,17H,9-10H2,(H2,16,18,19). The first-order valence-corrected chi connectivity index (χ1v) is 7.57. The summed E-state index contributed by atoms with van der Waals surface area (Å²) in [5.74, 6) is -0.246. The van der Waals surface area contributed by atoms with E-state index in [0.717, 1.165) is 5.56 Å². The zero-order valence-electron chi connectivity index (χ0n) is 10.7. The molecule has 0 atom stereocenters. The first-order valence-electron chi connectivity index (χ1n) is 6.03. The highest BCUT2D eigenvalue weighted by Crippen LogP contribution is 2.09. The number of rotatable bonds is 5. The average molecular weight is 294 g/mol. The van der Waals surface area contributed by atoms with Crippen molar-refractivity contribution >= 4 is 10.0 Å². The number of hydrogen-bond acceptors (Lipinski definition) is 3. The summed E-state index contributed by atoms with van der Waals surface area (Å²) >= 11 is 0. The molecule has 0 aliphatic heterocycles. The Hall–Kier alpha value is -1.76. The first-order chi connectivity index (χ1) is 9.47. The molecule has 3 N–H and O–H groups in total. The van der Waals surface area contributed by atoms with Gasteiger partial charge in [-0.15, -0.1) is 0 Å². The van der Waals surface area contributed by atoms with Crippen LogP contribution in [0, 0.1) is 5.82 Å². The van der Waals surface area contributed by atoms with Crippen molar-refractivity contribution in [2.75, 3.05) is 0 Å². The molecule has 0 spiro atoms. The highest BCUT2D eigenvalue weighted by molar-refractivity contribution is 7.89. The van der Waals surface area contributed by atoms with Gasteiger partial charge in [0.25, 0.3) is 0 Å². The van der Waals surface area contributed by atoms with Crippen LogP contribution in [-0.2, 0) is 23.1 Å². The zero-order chi connectivity index (χ0) is 14.6. The van der Waals surface area contributed by atoms with Crippen LogP contribution in [0.3, 0.4) is 0 Å². The molecular formula is C14H15FN2O2S. The number of halogens is 1. The van der Waals surface area contributed by atoms with Gasteiger partial charge in [-0.3, -0.25) is 0 Å². The minimum Gasteiger partial charge on any atom is -0.309 e. The molecule has 0 aliphatic carbocycles. The van der Waals surface area contributed by atoms with Crippen LogP contribution in [0.2, 0.25) is 0 Å². The van der Waals surface area contributed by atoms with Crippen molar-refractivity contribution in [3.05, 3.63) is 65.5 Å². The van der Waals surface area contributed by atoms with Gasteiger partial charge in [-0.05, 0) is 23.8 Å². The maximum Gasteiger partial charge on any atom is 0.238 e. The largest absolute Gasteiger partial charge is 0.309 e. The second-order valence-corrected chi connectivity index (χ2v) is 5.95. The predicted octanol–water partition coefficient (Wildman–Crippen LogP) is 1.76. The van der Waals surface area contributed by atoms with Gasteiger partial charge in [0, 0.05) is 18.7 Å². The predicted molar refractivity (Wildman–Crippen MR) is 74.8 cm³/mol. The Morgan fingerprint density at radius 1 is 1.00 bits per heavy atom. The van der Waals surface area contributed by atoms with Gasteiger partial charge in [-0.1, -0.05) is 30.3 Å². The Morgan fingerprint density at radius 3 is 2.25 bits per heavy atom. The fraction of sp³-hybridized carbons (Fsp3) is 0.143. The molecule has 0 radical (unpaired) electrons. The van der Waals surface area contributed by atoms with E-state index in [1.165, 1.54) is 18.2 Å². The second-order valence-electron chi connectivity index (χ2n) is 4.38. The summed E-state index contributed by atoms with van der Waals surface area (Å²) in [5, 5.41) is 8.11. The number of nitrogens with two attached hydrogens (primary N) is 1. The molecule has 0 heterocycles. The van der Waals surface area contributed by atoms with E-state index in [2.05, 4.69) is 5.32 Å². The van der Waals surface area contributed by atoms with Crippen LogP contribution >= 0.6 is 0 Å². The highest BCUT2D eigenvalue weighted by Gasteiger charge is 2.06. The van der Waals surface area contributed by atoms with Crippen LogP contribution in [0.1, 0.15) is 11.1 Å². The Balaban J connectivity index is 1.94. The number of nitrogens with one attached hydrogen (secondary N) is 1. The number of primary sulfonamides is 1. The molecule has 0 amide bonds. The molecule has 0 bridgehead atoms. The van der Waals surface area contributed by atoms with E-state index in [1.54, 1.807) is 30.3 Å². The summed E-state index contributed by atoms with van der Waals surface area (Å²) in [6.07, 6.45) is 0. The number of sulfonamides is 1. The summed E-state index contributed by atoms with van der Waals surface area (Å²) in [6.45, 7) is 0.919. The fourth-order valence-corrected chi connectivity index (χ4v) is 2.30. The Bertz CT molecular complexity index is 685. The summed E-state index contributed by atoms with van der Waals surface area (Å²) < 4.78 is 35.6. The zero-order valence-corrected chi connectivity index (χ0v) is 11.5. The smallest absolute Gasteiger partial charge is 0.238 e. The van der Waals surface area contributed by atoms with Crippen molar-refractivity contribution in [1.82, 2.24) is 5.32 Å². The minimum absolute atomic E-state index is 0.0790. The van der Waals surface area contributed by atoms with E-state index in [1.807, 2.05) is 0 Å².